The van der Waals surface area contributed by atoms with Crippen molar-refractivity contribution >= 4 is 27.5 Å². The highest BCUT2D eigenvalue weighted by Crippen LogP contribution is 2.29. The first kappa shape index (κ1) is 13.0. The minimum Gasteiger partial charge on any atom is -0.370 e. The van der Waals surface area contributed by atoms with Gasteiger partial charge >= 0.3 is 0 Å². The van der Waals surface area contributed by atoms with Crippen LogP contribution in [0.5, 0.6) is 0 Å². The van der Waals surface area contributed by atoms with Crippen molar-refractivity contribution in [3.63, 3.8) is 0 Å². The van der Waals surface area contributed by atoms with Crippen LogP contribution in [0.4, 0.5) is 0 Å². The van der Waals surface area contributed by atoms with Crippen LogP contribution in [-0.4, -0.2) is 12.6 Å². The number of ether oxygens (including phenoxy) is 1. The van der Waals surface area contributed by atoms with Gasteiger partial charge in [0.15, 0.2) is 0 Å². The zero-order chi connectivity index (χ0) is 11.4. The lowest BCUT2D eigenvalue weighted by molar-refractivity contribution is 0.0116. The molecule has 0 radical (unpaired) electrons. The molecule has 0 aliphatic rings. The molecule has 0 amide bonds. The van der Waals surface area contributed by atoms with E-state index in [0.29, 0.717) is 11.6 Å². The molecule has 1 aromatic carbocycles. The first-order valence-corrected chi connectivity index (χ1v) is 6.02. The Bertz CT molecular complexity index is 330. The van der Waals surface area contributed by atoms with Crippen molar-refractivity contribution in [2.45, 2.75) is 26.1 Å². The fourth-order valence-corrected chi connectivity index (χ4v) is 2.03. The van der Waals surface area contributed by atoms with E-state index in [4.69, 9.17) is 22.1 Å². The van der Waals surface area contributed by atoms with Gasteiger partial charge in [0.05, 0.1) is 12.2 Å². The monoisotopic (exact) mass is 291 g/mol. The summed E-state index contributed by atoms with van der Waals surface area (Å²) in [7, 11) is 0. The second-order valence-corrected chi connectivity index (χ2v) is 4.87. The molecule has 15 heavy (non-hydrogen) atoms. The molecule has 0 saturated carbocycles. The molecule has 84 valence electrons. The van der Waals surface area contributed by atoms with E-state index in [1.807, 2.05) is 32.0 Å². The van der Waals surface area contributed by atoms with Crippen LogP contribution in [0.1, 0.15) is 25.5 Å². The molecule has 1 unspecified atom stereocenters. The van der Waals surface area contributed by atoms with E-state index < -0.39 is 0 Å². The number of hydrogen-bond donors (Lipinski definition) is 1. The average Bonchev–Trinajstić information content (AvgIpc) is 2.18. The van der Waals surface area contributed by atoms with Gasteiger partial charge in [0.25, 0.3) is 0 Å². The topological polar surface area (TPSA) is 35.2 Å². The summed E-state index contributed by atoms with van der Waals surface area (Å²) >= 11 is 9.40. The first-order chi connectivity index (χ1) is 7.04. The maximum atomic E-state index is 5.94. The van der Waals surface area contributed by atoms with Gasteiger partial charge < -0.3 is 10.5 Å². The van der Waals surface area contributed by atoms with Gasteiger partial charge in [-0.3, -0.25) is 0 Å². The summed E-state index contributed by atoms with van der Waals surface area (Å²) in [5.74, 6) is 0. The summed E-state index contributed by atoms with van der Waals surface area (Å²) in [6.45, 7) is 4.42. The van der Waals surface area contributed by atoms with E-state index in [1.165, 1.54) is 0 Å². The van der Waals surface area contributed by atoms with Crippen molar-refractivity contribution in [2.24, 2.45) is 5.73 Å². The number of halogens is 2. The fraction of sp³-hybridized carbons (Fsp3) is 0.455. The zero-order valence-corrected chi connectivity index (χ0v) is 11.2. The third kappa shape index (κ3) is 3.76. The van der Waals surface area contributed by atoms with Gasteiger partial charge in [0.1, 0.15) is 0 Å². The van der Waals surface area contributed by atoms with Gasteiger partial charge in [-0.2, -0.15) is 0 Å². The maximum Gasteiger partial charge on any atom is 0.0961 e. The number of nitrogens with two attached hydrogens (primary N) is 1. The molecule has 0 bridgehead atoms. The highest BCUT2D eigenvalue weighted by atomic mass is 79.9. The quantitative estimate of drug-likeness (QED) is 0.921. The van der Waals surface area contributed by atoms with Crippen LogP contribution in [0, 0.1) is 0 Å². The van der Waals surface area contributed by atoms with Crippen LogP contribution in [0.25, 0.3) is 0 Å². The molecule has 0 aliphatic heterocycles. The van der Waals surface area contributed by atoms with Gasteiger partial charge in [-0.25, -0.2) is 0 Å². The van der Waals surface area contributed by atoms with Gasteiger partial charge in [-0.15, -0.1) is 0 Å². The van der Waals surface area contributed by atoms with Crippen molar-refractivity contribution in [1.82, 2.24) is 0 Å². The molecule has 0 saturated heterocycles. The summed E-state index contributed by atoms with van der Waals surface area (Å²) in [5.41, 5.74) is 6.68. The third-order valence-electron chi connectivity index (χ3n) is 1.96. The number of hydrogen-bond acceptors (Lipinski definition) is 2. The third-order valence-corrected chi connectivity index (χ3v) is 2.91. The Kier molecular flexibility index (Phi) is 5.06. The van der Waals surface area contributed by atoms with Crippen molar-refractivity contribution in [3.05, 3.63) is 33.3 Å². The van der Waals surface area contributed by atoms with Crippen molar-refractivity contribution in [3.8, 4) is 0 Å². The van der Waals surface area contributed by atoms with Crippen LogP contribution in [0.15, 0.2) is 22.7 Å². The summed E-state index contributed by atoms with van der Waals surface area (Å²) in [4.78, 5) is 0. The molecule has 2 nitrogen and oxygen atoms in total. The Balaban J connectivity index is 2.95. The Hall–Kier alpha value is -0.0900. The lowest BCUT2D eigenvalue weighted by Crippen LogP contribution is -2.19. The molecular formula is C11H15BrClNO. The standard InChI is InChI=1S/C11H15BrClNO/c1-7(2)15-11(6-14)9-5-8(13)3-4-10(9)12/h3-5,7,11H,6,14H2,1-2H3. The van der Waals surface area contributed by atoms with Crippen LogP contribution < -0.4 is 5.73 Å². The lowest BCUT2D eigenvalue weighted by Gasteiger charge is -2.20. The van der Waals surface area contributed by atoms with E-state index in [0.717, 1.165) is 10.0 Å². The molecule has 2 N–H and O–H groups in total. The van der Waals surface area contributed by atoms with Crippen molar-refractivity contribution in [1.29, 1.82) is 0 Å². The Labute approximate surface area is 104 Å². The van der Waals surface area contributed by atoms with E-state index in [9.17, 15) is 0 Å². The molecule has 0 aromatic heterocycles. The number of benzene rings is 1. The Morgan fingerprint density at radius 1 is 1.47 bits per heavy atom. The van der Waals surface area contributed by atoms with E-state index in [-0.39, 0.29) is 12.2 Å². The Morgan fingerprint density at radius 2 is 2.13 bits per heavy atom. The van der Waals surface area contributed by atoms with E-state index in [2.05, 4.69) is 15.9 Å². The predicted octanol–water partition coefficient (Wildman–Crippen LogP) is 3.53. The molecule has 1 rings (SSSR count). The summed E-state index contributed by atoms with van der Waals surface area (Å²) < 4.78 is 6.68. The van der Waals surface area contributed by atoms with Crippen LogP contribution in [0.3, 0.4) is 0 Å². The fourth-order valence-electron chi connectivity index (χ4n) is 1.35. The second kappa shape index (κ2) is 5.85. The molecule has 0 fully saturated rings. The second-order valence-electron chi connectivity index (χ2n) is 3.58. The minimum atomic E-state index is -0.113. The van der Waals surface area contributed by atoms with Crippen LogP contribution in [0.2, 0.25) is 5.02 Å². The van der Waals surface area contributed by atoms with E-state index >= 15 is 0 Å². The molecule has 0 spiro atoms. The predicted molar refractivity (Wildman–Crippen MR) is 67.2 cm³/mol. The largest absolute Gasteiger partial charge is 0.370 e. The molecular weight excluding hydrogens is 277 g/mol. The van der Waals surface area contributed by atoms with Crippen molar-refractivity contribution in [2.75, 3.05) is 6.54 Å². The zero-order valence-electron chi connectivity index (χ0n) is 8.84. The smallest absolute Gasteiger partial charge is 0.0961 e. The maximum absolute atomic E-state index is 5.94. The molecule has 4 heteroatoms. The summed E-state index contributed by atoms with van der Waals surface area (Å²) in [5, 5.41) is 0.694. The minimum absolute atomic E-state index is 0.113. The normalized spacial score (nSPS) is 13.2. The summed E-state index contributed by atoms with van der Waals surface area (Å²) in [6.07, 6.45) is 0.0301. The van der Waals surface area contributed by atoms with Gasteiger partial charge in [0.2, 0.25) is 0 Å². The summed E-state index contributed by atoms with van der Waals surface area (Å²) in [6, 6.07) is 5.62. The van der Waals surface area contributed by atoms with Crippen LogP contribution >= 0.6 is 27.5 Å². The molecule has 1 aromatic rings. The van der Waals surface area contributed by atoms with Crippen LogP contribution in [-0.2, 0) is 4.74 Å². The average molecular weight is 293 g/mol. The number of rotatable bonds is 4. The SMILES string of the molecule is CC(C)OC(CN)c1cc(Cl)ccc1Br. The van der Waals surface area contributed by atoms with Gasteiger partial charge in [-0.05, 0) is 37.6 Å². The molecule has 0 aliphatic carbocycles. The molecule has 0 heterocycles. The van der Waals surface area contributed by atoms with E-state index in [1.54, 1.807) is 0 Å². The first-order valence-electron chi connectivity index (χ1n) is 4.85. The lowest BCUT2D eigenvalue weighted by atomic mass is 10.1. The molecule has 1 atom stereocenters. The van der Waals surface area contributed by atoms with Gasteiger partial charge in [0, 0.05) is 16.0 Å². The highest BCUT2D eigenvalue weighted by Gasteiger charge is 2.15. The highest BCUT2D eigenvalue weighted by molar-refractivity contribution is 9.10. The van der Waals surface area contributed by atoms with Gasteiger partial charge in [-0.1, -0.05) is 27.5 Å². The van der Waals surface area contributed by atoms with Crippen molar-refractivity contribution < 1.29 is 4.74 Å². The Morgan fingerprint density at radius 3 is 2.67 bits per heavy atom.